The van der Waals surface area contributed by atoms with Crippen LogP contribution in [0.2, 0.25) is 5.02 Å². The van der Waals surface area contributed by atoms with Crippen LogP contribution < -0.4 is 4.74 Å². The molecule has 0 atom stereocenters. The van der Waals surface area contributed by atoms with Gasteiger partial charge in [-0.3, -0.25) is 0 Å². The number of hydrogen-bond acceptors (Lipinski definition) is 3. The molecule has 0 radical (unpaired) electrons. The van der Waals surface area contributed by atoms with Gasteiger partial charge in [0.15, 0.2) is 0 Å². The largest absolute Gasteiger partial charge is 0.430 e. The Morgan fingerprint density at radius 1 is 1.53 bits per heavy atom. The quantitative estimate of drug-likeness (QED) is 0.707. The predicted octanol–water partition coefficient (Wildman–Crippen LogP) is 2.44. The van der Waals surface area contributed by atoms with E-state index in [0.717, 1.165) is 0 Å². The summed E-state index contributed by atoms with van der Waals surface area (Å²) >= 11 is 10.9. The number of ether oxygens (including phenoxy) is 1. The zero-order valence-electron chi connectivity index (χ0n) is 8.32. The SMILES string of the molecule is CN(C)C(=S)Oc1cccc(C#N)c1Cl. The fourth-order valence-corrected chi connectivity index (χ4v) is 1.16. The fraction of sp³-hybridized carbons (Fsp3) is 0.200. The molecule has 78 valence electrons. The summed E-state index contributed by atoms with van der Waals surface area (Å²) in [6.07, 6.45) is 0. The van der Waals surface area contributed by atoms with Gasteiger partial charge < -0.3 is 9.64 Å². The maximum Gasteiger partial charge on any atom is 0.264 e. The topological polar surface area (TPSA) is 36.3 Å². The average molecular weight is 241 g/mol. The van der Waals surface area contributed by atoms with Gasteiger partial charge in [-0.15, -0.1) is 0 Å². The molecule has 0 unspecified atom stereocenters. The molecule has 1 aromatic rings. The highest BCUT2D eigenvalue weighted by molar-refractivity contribution is 7.80. The van der Waals surface area contributed by atoms with E-state index in [0.29, 0.717) is 16.5 Å². The molecular formula is C10H9ClN2OS. The molecule has 1 aromatic carbocycles. The summed E-state index contributed by atoms with van der Waals surface area (Å²) in [5.74, 6) is 0.398. The Morgan fingerprint density at radius 3 is 2.73 bits per heavy atom. The molecule has 0 aliphatic rings. The lowest BCUT2D eigenvalue weighted by atomic mass is 10.2. The molecule has 0 amide bonds. The summed E-state index contributed by atoms with van der Waals surface area (Å²) in [5, 5.41) is 9.33. The van der Waals surface area contributed by atoms with E-state index in [1.54, 1.807) is 37.2 Å². The first-order valence-corrected chi connectivity index (χ1v) is 4.92. The maximum absolute atomic E-state index is 8.75. The van der Waals surface area contributed by atoms with Crippen LogP contribution in [0.5, 0.6) is 5.75 Å². The number of nitrogens with zero attached hydrogens (tertiary/aromatic N) is 2. The van der Waals surface area contributed by atoms with E-state index in [1.807, 2.05) is 6.07 Å². The van der Waals surface area contributed by atoms with E-state index in [4.69, 9.17) is 33.8 Å². The third kappa shape index (κ3) is 2.82. The van der Waals surface area contributed by atoms with Gasteiger partial charge in [0.25, 0.3) is 5.17 Å². The van der Waals surface area contributed by atoms with Crippen LogP contribution in [-0.2, 0) is 0 Å². The van der Waals surface area contributed by atoms with E-state index < -0.39 is 0 Å². The number of rotatable bonds is 1. The summed E-state index contributed by atoms with van der Waals surface area (Å²) in [6, 6.07) is 6.95. The van der Waals surface area contributed by atoms with Crippen molar-refractivity contribution in [3.63, 3.8) is 0 Å². The number of nitriles is 1. The molecule has 0 bridgehead atoms. The van der Waals surface area contributed by atoms with E-state index in [2.05, 4.69) is 0 Å². The third-order valence-corrected chi connectivity index (χ3v) is 2.48. The van der Waals surface area contributed by atoms with Crippen molar-refractivity contribution in [2.45, 2.75) is 0 Å². The highest BCUT2D eigenvalue weighted by Gasteiger charge is 2.09. The minimum atomic E-state index is 0.282. The molecule has 0 spiro atoms. The van der Waals surface area contributed by atoms with Gasteiger partial charge in [-0.1, -0.05) is 17.7 Å². The third-order valence-electron chi connectivity index (χ3n) is 1.65. The van der Waals surface area contributed by atoms with Gasteiger partial charge in [0.1, 0.15) is 16.8 Å². The number of thiocarbonyl (C=S) groups is 1. The van der Waals surface area contributed by atoms with Crippen LogP contribution >= 0.6 is 23.8 Å². The Morgan fingerprint density at radius 2 is 2.20 bits per heavy atom. The van der Waals surface area contributed by atoms with E-state index in [1.165, 1.54) is 0 Å². The Hall–Kier alpha value is -1.31. The van der Waals surface area contributed by atoms with Crippen LogP contribution in [0, 0.1) is 11.3 Å². The van der Waals surface area contributed by atoms with Crippen LogP contribution in [0.1, 0.15) is 5.56 Å². The normalized spacial score (nSPS) is 9.20. The molecule has 1 rings (SSSR count). The Balaban J connectivity index is 2.97. The molecule has 3 nitrogen and oxygen atoms in total. The Bertz CT molecular complexity index is 426. The molecule has 0 aliphatic heterocycles. The molecule has 0 fully saturated rings. The molecule has 0 aliphatic carbocycles. The van der Waals surface area contributed by atoms with Gasteiger partial charge in [-0.2, -0.15) is 5.26 Å². The molecule has 0 saturated carbocycles. The molecule has 5 heteroatoms. The lowest BCUT2D eigenvalue weighted by Crippen LogP contribution is -2.25. The lowest BCUT2D eigenvalue weighted by molar-refractivity contribution is 0.449. The molecule has 0 aromatic heterocycles. The summed E-state index contributed by atoms with van der Waals surface area (Å²) in [6.45, 7) is 0. The van der Waals surface area contributed by atoms with Crippen LogP contribution in [0.15, 0.2) is 18.2 Å². The first-order valence-electron chi connectivity index (χ1n) is 4.14. The number of benzene rings is 1. The number of halogens is 1. The summed E-state index contributed by atoms with van der Waals surface area (Å²) in [4.78, 5) is 1.64. The van der Waals surface area contributed by atoms with Gasteiger partial charge in [0.2, 0.25) is 0 Å². The van der Waals surface area contributed by atoms with E-state index >= 15 is 0 Å². The second kappa shape index (κ2) is 4.96. The monoisotopic (exact) mass is 240 g/mol. The Kier molecular flexibility index (Phi) is 3.89. The molecule has 0 N–H and O–H groups in total. The van der Waals surface area contributed by atoms with Crippen molar-refractivity contribution >= 4 is 29.0 Å². The van der Waals surface area contributed by atoms with E-state index in [-0.39, 0.29) is 5.02 Å². The highest BCUT2D eigenvalue weighted by atomic mass is 35.5. The molecule has 0 heterocycles. The van der Waals surface area contributed by atoms with Crippen LogP contribution in [-0.4, -0.2) is 24.2 Å². The van der Waals surface area contributed by atoms with Gasteiger partial charge >= 0.3 is 0 Å². The van der Waals surface area contributed by atoms with Crippen LogP contribution in [0.25, 0.3) is 0 Å². The minimum Gasteiger partial charge on any atom is -0.430 e. The standard InChI is InChI=1S/C10H9ClN2OS/c1-13(2)10(15)14-8-5-3-4-7(6-12)9(8)11/h3-5H,1-2H3. The van der Waals surface area contributed by atoms with Crippen LogP contribution in [0.3, 0.4) is 0 Å². The van der Waals surface area contributed by atoms with Crippen molar-refractivity contribution in [1.82, 2.24) is 4.90 Å². The van der Waals surface area contributed by atoms with Crippen molar-refractivity contribution in [3.8, 4) is 11.8 Å². The van der Waals surface area contributed by atoms with Crippen molar-refractivity contribution in [2.75, 3.05) is 14.1 Å². The van der Waals surface area contributed by atoms with Crippen LogP contribution in [0.4, 0.5) is 0 Å². The summed E-state index contributed by atoms with van der Waals surface area (Å²) in [5.41, 5.74) is 0.371. The lowest BCUT2D eigenvalue weighted by Gasteiger charge is -2.14. The number of hydrogen-bond donors (Lipinski definition) is 0. The predicted molar refractivity (Wildman–Crippen MR) is 63.1 cm³/mol. The second-order valence-electron chi connectivity index (χ2n) is 2.99. The first-order chi connectivity index (χ1) is 7.06. The summed E-state index contributed by atoms with van der Waals surface area (Å²) in [7, 11) is 3.54. The smallest absolute Gasteiger partial charge is 0.264 e. The molecular weight excluding hydrogens is 232 g/mol. The van der Waals surface area contributed by atoms with Crippen molar-refractivity contribution in [1.29, 1.82) is 5.26 Å². The van der Waals surface area contributed by atoms with Gasteiger partial charge in [-0.05, 0) is 24.4 Å². The highest BCUT2D eigenvalue weighted by Crippen LogP contribution is 2.27. The molecule has 15 heavy (non-hydrogen) atoms. The van der Waals surface area contributed by atoms with Crippen molar-refractivity contribution in [2.24, 2.45) is 0 Å². The zero-order chi connectivity index (χ0) is 11.4. The van der Waals surface area contributed by atoms with Gasteiger partial charge in [0, 0.05) is 14.1 Å². The zero-order valence-corrected chi connectivity index (χ0v) is 9.89. The second-order valence-corrected chi connectivity index (χ2v) is 3.72. The average Bonchev–Trinajstić information content (AvgIpc) is 2.21. The van der Waals surface area contributed by atoms with E-state index in [9.17, 15) is 0 Å². The minimum absolute atomic E-state index is 0.282. The van der Waals surface area contributed by atoms with Gasteiger partial charge in [-0.25, -0.2) is 0 Å². The Labute approximate surface area is 98.8 Å². The van der Waals surface area contributed by atoms with Crippen molar-refractivity contribution < 1.29 is 4.74 Å². The molecule has 0 saturated heterocycles. The fourth-order valence-electron chi connectivity index (χ4n) is 0.861. The first kappa shape index (κ1) is 11.8. The maximum atomic E-state index is 8.75. The van der Waals surface area contributed by atoms with Crippen molar-refractivity contribution in [3.05, 3.63) is 28.8 Å². The summed E-state index contributed by atoms with van der Waals surface area (Å²) < 4.78 is 5.32. The van der Waals surface area contributed by atoms with Gasteiger partial charge in [0.05, 0.1) is 5.56 Å².